The third-order valence-electron chi connectivity index (χ3n) is 2.64. The topological polar surface area (TPSA) is 36.3 Å². The number of halogens is 1. The molecule has 0 aliphatic carbocycles. The maximum atomic E-state index is 9.20. The van der Waals surface area contributed by atoms with Gasteiger partial charge in [-0.2, -0.15) is 5.26 Å². The third-order valence-corrected chi connectivity index (χ3v) is 4.38. The van der Waals surface area contributed by atoms with Crippen molar-refractivity contribution in [3.05, 3.63) is 20.8 Å². The Bertz CT molecular complexity index is 382. The fraction of sp³-hybridized carbons (Fsp3) is 0.545. The van der Waals surface area contributed by atoms with Crippen LogP contribution in [0.1, 0.15) is 10.8 Å². The van der Waals surface area contributed by atoms with Crippen LogP contribution in [0, 0.1) is 11.3 Å². The van der Waals surface area contributed by atoms with Crippen LogP contribution < -0.4 is 0 Å². The summed E-state index contributed by atoms with van der Waals surface area (Å²) in [5, 5.41) is 9.20. The molecule has 0 spiro atoms. The lowest BCUT2D eigenvalue weighted by atomic mass is 10.1. The van der Waals surface area contributed by atoms with Crippen molar-refractivity contribution < 1.29 is 4.74 Å². The Morgan fingerprint density at radius 2 is 2.25 bits per heavy atom. The molecule has 0 saturated carbocycles. The maximum absolute atomic E-state index is 9.20. The van der Waals surface area contributed by atoms with Crippen molar-refractivity contribution in [2.45, 2.75) is 5.92 Å². The summed E-state index contributed by atoms with van der Waals surface area (Å²) >= 11 is 5.08. The Kier molecular flexibility index (Phi) is 4.36. The third kappa shape index (κ3) is 3.05. The van der Waals surface area contributed by atoms with Gasteiger partial charge in [-0.15, -0.1) is 11.3 Å². The number of hydrogen-bond acceptors (Lipinski definition) is 4. The van der Waals surface area contributed by atoms with E-state index in [2.05, 4.69) is 26.9 Å². The zero-order valence-electron chi connectivity index (χ0n) is 8.86. The second-order valence-electron chi connectivity index (χ2n) is 3.74. The number of nitriles is 1. The number of ether oxygens (including phenoxy) is 1. The first-order valence-corrected chi connectivity index (χ1v) is 6.85. The van der Waals surface area contributed by atoms with Crippen LogP contribution in [0.2, 0.25) is 0 Å². The van der Waals surface area contributed by atoms with Crippen molar-refractivity contribution in [2.75, 3.05) is 32.8 Å². The molecule has 0 aromatic carbocycles. The van der Waals surface area contributed by atoms with Gasteiger partial charge in [0.15, 0.2) is 0 Å². The molecule has 16 heavy (non-hydrogen) atoms. The highest BCUT2D eigenvalue weighted by molar-refractivity contribution is 9.11. The summed E-state index contributed by atoms with van der Waals surface area (Å²) in [5.74, 6) is -0.0191. The minimum Gasteiger partial charge on any atom is -0.379 e. The average Bonchev–Trinajstić information content (AvgIpc) is 2.74. The second kappa shape index (κ2) is 5.78. The normalized spacial score (nSPS) is 19.2. The van der Waals surface area contributed by atoms with Gasteiger partial charge in [-0.05, 0) is 28.1 Å². The van der Waals surface area contributed by atoms with Crippen LogP contribution in [-0.4, -0.2) is 37.7 Å². The van der Waals surface area contributed by atoms with Crippen LogP contribution in [0.3, 0.4) is 0 Å². The molecule has 1 aliphatic rings. The first kappa shape index (κ1) is 12.1. The smallest absolute Gasteiger partial charge is 0.0932 e. The minimum atomic E-state index is -0.0191. The van der Waals surface area contributed by atoms with E-state index in [9.17, 15) is 5.26 Å². The van der Waals surface area contributed by atoms with Gasteiger partial charge < -0.3 is 4.74 Å². The van der Waals surface area contributed by atoms with Crippen LogP contribution in [-0.2, 0) is 4.74 Å². The molecule has 2 heterocycles. The summed E-state index contributed by atoms with van der Waals surface area (Å²) in [6.45, 7) is 4.25. The average molecular weight is 301 g/mol. The van der Waals surface area contributed by atoms with Crippen molar-refractivity contribution in [1.82, 2.24) is 4.90 Å². The van der Waals surface area contributed by atoms with E-state index in [0.29, 0.717) is 0 Å². The zero-order chi connectivity index (χ0) is 11.4. The van der Waals surface area contributed by atoms with E-state index in [-0.39, 0.29) is 5.92 Å². The Labute approximate surface area is 108 Å². The molecular weight excluding hydrogens is 288 g/mol. The Hall–Kier alpha value is -0.410. The van der Waals surface area contributed by atoms with Crippen molar-refractivity contribution in [1.29, 1.82) is 5.26 Å². The molecule has 1 unspecified atom stereocenters. The molecule has 1 atom stereocenters. The summed E-state index contributed by atoms with van der Waals surface area (Å²) in [6, 6.07) is 6.42. The molecule has 1 fully saturated rings. The number of thiophene rings is 1. The lowest BCUT2D eigenvalue weighted by Crippen LogP contribution is -2.38. The van der Waals surface area contributed by atoms with Crippen LogP contribution in [0.25, 0.3) is 0 Å². The van der Waals surface area contributed by atoms with Crippen molar-refractivity contribution in [3.63, 3.8) is 0 Å². The van der Waals surface area contributed by atoms with Crippen LogP contribution in [0.15, 0.2) is 15.9 Å². The van der Waals surface area contributed by atoms with Crippen molar-refractivity contribution >= 4 is 27.3 Å². The predicted octanol–water partition coefficient (Wildman–Crippen LogP) is 2.45. The fourth-order valence-corrected chi connectivity index (χ4v) is 3.21. The van der Waals surface area contributed by atoms with E-state index in [1.165, 1.54) is 0 Å². The summed E-state index contributed by atoms with van der Waals surface area (Å²) < 4.78 is 6.38. The van der Waals surface area contributed by atoms with Crippen molar-refractivity contribution in [3.8, 4) is 6.07 Å². The number of hydrogen-bond donors (Lipinski definition) is 0. The van der Waals surface area contributed by atoms with Gasteiger partial charge in [-0.3, -0.25) is 4.90 Å². The molecule has 1 saturated heterocycles. The number of rotatable bonds is 3. The van der Waals surface area contributed by atoms with E-state index in [0.717, 1.165) is 41.5 Å². The summed E-state index contributed by atoms with van der Waals surface area (Å²) in [4.78, 5) is 3.44. The van der Waals surface area contributed by atoms with Gasteiger partial charge in [0.2, 0.25) is 0 Å². The van der Waals surface area contributed by atoms with E-state index in [1.807, 2.05) is 12.1 Å². The highest BCUT2D eigenvalue weighted by Crippen LogP contribution is 2.28. The van der Waals surface area contributed by atoms with E-state index < -0.39 is 0 Å². The molecule has 86 valence electrons. The summed E-state index contributed by atoms with van der Waals surface area (Å²) in [5.41, 5.74) is 0. The van der Waals surface area contributed by atoms with Crippen molar-refractivity contribution in [2.24, 2.45) is 0 Å². The van der Waals surface area contributed by atoms with E-state index in [4.69, 9.17) is 4.74 Å². The van der Waals surface area contributed by atoms with Gasteiger partial charge in [-0.25, -0.2) is 0 Å². The largest absolute Gasteiger partial charge is 0.379 e. The Balaban J connectivity index is 1.98. The van der Waals surface area contributed by atoms with Gasteiger partial charge in [0.1, 0.15) is 0 Å². The van der Waals surface area contributed by atoms with Gasteiger partial charge in [-0.1, -0.05) is 0 Å². The molecule has 1 aliphatic heterocycles. The Morgan fingerprint density at radius 3 is 2.81 bits per heavy atom. The predicted molar refractivity (Wildman–Crippen MR) is 67.6 cm³/mol. The molecule has 3 nitrogen and oxygen atoms in total. The van der Waals surface area contributed by atoms with Gasteiger partial charge in [0.25, 0.3) is 0 Å². The quantitative estimate of drug-likeness (QED) is 0.860. The first-order valence-electron chi connectivity index (χ1n) is 5.24. The number of nitrogens with zero attached hydrogens (tertiary/aromatic N) is 2. The Morgan fingerprint density at radius 1 is 1.50 bits per heavy atom. The first-order chi connectivity index (χ1) is 7.79. The summed E-state index contributed by atoms with van der Waals surface area (Å²) in [6.07, 6.45) is 0. The molecule has 2 rings (SSSR count). The molecule has 5 heteroatoms. The van der Waals surface area contributed by atoms with Crippen LogP contribution >= 0.6 is 27.3 Å². The SMILES string of the molecule is N#CC(CN1CCOCC1)c1ccc(Br)s1. The maximum Gasteiger partial charge on any atom is 0.0932 e. The monoisotopic (exact) mass is 300 g/mol. The van der Waals surface area contributed by atoms with E-state index in [1.54, 1.807) is 11.3 Å². The highest BCUT2D eigenvalue weighted by Gasteiger charge is 2.19. The summed E-state index contributed by atoms with van der Waals surface area (Å²) in [7, 11) is 0. The molecule has 0 bridgehead atoms. The number of morpholine rings is 1. The second-order valence-corrected chi connectivity index (χ2v) is 6.23. The molecule has 1 aromatic rings. The highest BCUT2D eigenvalue weighted by atomic mass is 79.9. The molecule has 0 amide bonds. The fourth-order valence-electron chi connectivity index (χ4n) is 1.75. The zero-order valence-corrected chi connectivity index (χ0v) is 11.3. The standard InChI is InChI=1S/C11H13BrN2OS/c12-11-2-1-10(16-11)9(7-13)8-14-3-5-15-6-4-14/h1-2,9H,3-6,8H2. The minimum absolute atomic E-state index is 0.0191. The van der Waals surface area contributed by atoms with Gasteiger partial charge in [0.05, 0.1) is 29.0 Å². The van der Waals surface area contributed by atoms with Gasteiger partial charge >= 0.3 is 0 Å². The lowest BCUT2D eigenvalue weighted by Gasteiger charge is -2.27. The lowest BCUT2D eigenvalue weighted by molar-refractivity contribution is 0.0371. The van der Waals surface area contributed by atoms with Crippen LogP contribution in [0.4, 0.5) is 0 Å². The molecular formula is C11H13BrN2OS. The molecule has 1 aromatic heterocycles. The van der Waals surface area contributed by atoms with Crippen LogP contribution in [0.5, 0.6) is 0 Å². The van der Waals surface area contributed by atoms with E-state index >= 15 is 0 Å². The van der Waals surface area contributed by atoms with Gasteiger partial charge in [0, 0.05) is 24.5 Å². The molecule has 0 radical (unpaired) electrons. The molecule has 0 N–H and O–H groups in total.